The van der Waals surface area contributed by atoms with Gasteiger partial charge in [0.15, 0.2) is 9.84 Å². The zero-order chi connectivity index (χ0) is 12.5. The van der Waals surface area contributed by atoms with Crippen molar-refractivity contribution >= 4 is 25.8 Å². The summed E-state index contributed by atoms with van der Waals surface area (Å²) < 4.78 is 23.7. The van der Waals surface area contributed by atoms with Gasteiger partial charge in [0.1, 0.15) is 0 Å². The molecular weight excluding hydrogens is 302 g/mol. The van der Waals surface area contributed by atoms with Crippen LogP contribution in [0.4, 0.5) is 0 Å². The fraction of sp³-hybridized carbons (Fsp3) is 0.500. The Balaban J connectivity index is 2.19. The third-order valence-electron chi connectivity index (χ3n) is 3.05. The number of nitrogens with zero attached hydrogens (tertiary/aromatic N) is 1. The van der Waals surface area contributed by atoms with Crippen LogP contribution < -0.4 is 0 Å². The van der Waals surface area contributed by atoms with Crippen LogP contribution in [0.25, 0.3) is 0 Å². The van der Waals surface area contributed by atoms with Crippen molar-refractivity contribution in [3.63, 3.8) is 0 Å². The van der Waals surface area contributed by atoms with Gasteiger partial charge >= 0.3 is 0 Å². The van der Waals surface area contributed by atoms with Crippen molar-refractivity contribution in [2.24, 2.45) is 0 Å². The van der Waals surface area contributed by atoms with Crippen molar-refractivity contribution < 1.29 is 8.42 Å². The molecule has 1 aliphatic heterocycles. The first-order valence-electron chi connectivity index (χ1n) is 5.67. The Morgan fingerprint density at radius 1 is 1.29 bits per heavy atom. The van der Waals surface area contributed by atoms with Crippen LogP contribution in [0.15, 0.2) is 27.6 Å². The molecule has 1 aromatic carbocycles. The SMILES string of the molecule is CS(=O)(=O)c1ccc(CN2CCCC2)c(Br)c1. The van der Waals surface area contributed by atoms with Crippen LogP contribution in [0.2, 0.25) is 0 Å². The van der Waals surface area contributed by atoms with Crippen LogP contribution in [0.1, 0.15) is 18.4 Å². The Bertz CT molecular complexity index is 507. The number of likely N-dealkylation sites (tertiary alicyclic amines) is 1. The van der Waals surface area contributed by atoms with E-state index in [2.05, 4.69) is 20.8 Å². The Kier molecular flexibility index (Phi) is 3.90. The number of sulfone groups is 1. The predicted molar refractivity (Wildman–Crippen MR) is 71.8 cm³/mol. The largest absolute Gasteiger partial charge is 0.299 e. The summed E-state index contributed by atoms with van der Waals surface area (Å²) in [5.41, 5.74) is 1.15. The topological polar surface area (TPSA) is 37.4 Å². The zero-order valence-electron chi connectivity index (χ0n) is 9.82. The van der Waals surface area contributed by atoms with E-state index in [4.69, 9.17) is 0 Å². The fourth-order valence-electron chi connectivity index (χ4n) is 2.07. The minimum Gasteiger partial charge on any atom is -0.299 e. The van der Waals surface area contributed by atoms with Gasteiger partial charge in [-0.05, 0) is 43.6 Å². The standard InChI is InChI=1S/C12H16BrNO2S/c1-17(15,16)11-5-4-10(12(13)8-11)9-14-6-2-3-7-14/h4-5,8H,2-3,6-7,9H2,1H3. The van der Waals surface area contributed by atoms with Crippen molar-refractivity contribution in [1.82, 2.24) is 4.90 Å². The molecule has 0 aromatic heterocycles. The van der Waals surface area contributed by atoms with Crippen molar-refractivity contribution in [1.29, 1.82) is 0 Å². The van der Waals surface area contributed by atoms with E-state index in [0.29, 0.717) is 4.90 Å². The van der Waals surface area contributed by atoms with E-state index in [-0.39, 0.29) is 0 Å². The maximum absolute atomic E-state index is 11.4. The van der Waals surface area contributed by atoms with E-state index in [1.54, 1.807) is 12.1 Å². The first kappa shape index (κ1) is 13.1. The number of rotatable bonds is 3. The molecule has 1 aliphatic rings. The molecule has 1 fully saturated rings. The molecule has 0 bridgehead atoms. The van der Waals surface area contributed by atoms with Gasteiger partial charge in [-0.15, -0.1) is 0 Å². The lowest BCUT2D eigenvalue weighted by molar-refractivity contribution is 0.330. The smallest absolute Gasteiger partial charge is 0.175 e. The van der Waals surface area contributed by atoms with Gasteiger partial charge in [-0.2, -0.15) is 0 Å². The predicted octanol–water partition coefficient (Wildman–Crippen LogP) is 2.45. The fourth-order valence-corrected chi connectivity index (χ4v) is 3.37. The van der Waals surface area contributed by atoms with Gasteiger partial charge < -0.3 is 0 Å². The number of benzene rings is 1. The Hall–Kier alpha value is -0.390. The van der Waals surface area contributed by atoms with E-state index in [9.17, 15) is 8.42 Å². The summed E-state index contributed by atoms with van der Waals surface area (Å²) in [7, 11) is -3.11. The highest BCUT2D eigenvalue weighted by molar-refractivity contribution is 9.10. The van der Waals surface area contributed by atoms with Crippen LogP contribution >= 0.6 is 15.9 Å². The van der Waals surface area contributed by atoms with E-state index in [1.165, 1.54) is 19.1 Å². The lowest BCUT2D eigenvalue weighted by Crippen LogP contribution is -2.18. The minimum atomic E-state index is -3.11. The Morgan fingerprint density at radius 3 is 2.47 bits per heavy atom. The highest BCUT2D eigenvalue weighted by Gasteiger charge is 2.15. The molecule has 0 aliphatic carbocycles. The van der Waals surface area contributed by atoms with Gasteiger partial charge in [-0.1, -0.05) is 22.0 Å². The lowest BCUT2D eigenvalue weighted by atomic mass is 10.2. The van der Waals surface area contributed by atoms with Gasteiger partial charge in [0.2, 0.25) is 0 Å². The molecule has 1 aromatic rings. The Morgan fingerprint density at radius 2 is 1.94 bits per heavy atom. The van der Waals surface area contributed by atoms with Gasteiger partial charge in [0, 0.05) is 17.3 Å². The molecule has 3 nitrogen and oxygen atoms in total. The summed E-state index contributed by atoms with van der Waals surface area (Å²) in [4.78, 5) is 2.76. The quantitative estimate of drug-likeness (QED) is 0.859. The normalized spacial score (nSPS) is 17.5. The highest BCUT2D eigenvalue weighted by Crippen LogP contribution is 2.24. The monoisotopic (exact) mass is 317 g/mol. The zero-order valence-corrected chi connectivity index (χ0v) is 12.2. The molecule has 0 N–H and O–H groups in total. The summed E-state index contributed by atoms with van der Waals surface area (Å²) in [5, 5.41) is 0. The average molecular weight is 318 g/mol. The first-order chi connectivity index (χ1) is 7.97. The third kappa shape index (κ3) is 3.30. The molecule has 0 spiro atoms. The summed E-state index contributed by atoms with van der Waals surface area (Å²) >= 11 is 3.46. The molecule has 1 heterocycles. The average Bonchev–Trinajstić information content (AvgIpc) is 2.72. The maximum atomic E-state index is 11.4. The van der Waals surface area contributed by atoms with Crippen LogP contribution in [0, 0.1) is 0 Å². The number of hydrogen-bond donors (Lipinski definition) is 0. The molecule has 0 atom stereocenters. The molecule has 0 amide bonds. The molecule has 0 radical (unpaired) electrons. The van der Waals surface area contributed by atoms with Crippen LogP contribution in [0.5, 0.6) is 0 Å². The Labute approximate surface area is 111 Å². The van der Waals surface area contributed by atoms with E-state index in [1.807, 2.05) is 6.07 Å². The van der Waals surface area contributed by atoms with Gasteiger partial charge in [-0.25, -0.2) is 8.42 Å². The van der Waals surface area contributed by atoms with E-state index in [0.717, 1.165) is 29.7 Å². The van der Waals surface area contributed by atoms with Crippen LogP contribution in [-0.4, -0.2) is 32.7 Å². The second-order valence-corrected chi connectivity index (χ2v) is 7.38. The van der Waals surface area contributed by atoms with Crippen molar-refractivity contribution in [2.75, 3.05) is 19.3 Å². The highest BCUT2D eigenvalue weighted by atomic mass is 79.9. The number of hydrogen-bond acceptors (Lipinski definition) is 3. The molecule has 0 unspecified atom stereocenters. The second-order valence-electron chi connectivity index (χ2n) is 4.51. The molecule has 94 valence electrons. The molecule has 2 rings (SSSR count). The van der Waals surface area contributed by atoms with E-state index >= 15 is 0 Å². The minimum absolute atomic E-state index is 0.370. The van der Waals surface area contributed by atoms with Crippen molar-refractivity contribution in [3.8, 4) is 0 Å². The van der Waals surface area contributed by atoms with Gasteiger partial charge in [0.25, 0.3) is 0 Å². The van der Waals surface area contributed by atoms with Gasteiger partial charge in [0.05, 0.1) is 4.90 Å². The molecular formula is C12H16BrNO2S. The number of halogens is 1. The van der Waals surface area contributed by atoms with Crippen molar-refractivity contribution in [2.45, 2.75) is 24.3 Å². The summed E-state index contributed by atoms with van der Waals surface area (Å²) in [6.45, 7) is 3.17. The third-order valence-corrected chi connectivity index (χ3v) is 4.89. The summed E-state index contributed by atoms with van der Waals surface area (Å²) in [6.07, 6.45) is 3.76. The molecule has 1 saturated heterocycles. The molecule has 17 heavy (non-hydrogen) atoms. The second kappa shape index (κ2) is 5.08. The van der Waals surface area contributed by atoms with Crippen LogP contribution in [0.3, 0.4) is 0 Å². The first-order valence-corrected chi connectivity index (χ1v) is 8.36. The molecule has 5 heteroatoms. The van der Waals surface area contributed by atoms with Crippen molar-refractivity contribution in [3.05, 3.63) is 28.2 Å². The van der Waals surface area contributed by atoms with Gasteiger partial charge in [-0.3, -0.25) is 4.90 Å². The van der Waals surface area contributed by atoms with E-state index < -0.39 is 9.84 Å². The maximum Gasteiger partial charge on any atom is 0.175 e. The summed E-state index contributed by atoms with van der Waals surface area (Å²) in [5.74, 6) is 0. The van der Waals surface area contributed by atoms with Crippen LogP contribution in [-0.2, 0) is 16.4 Å². The molecule has 0 saturated carbocycles. The lowest BCUT2D eigenvalue weighted by Gasteiger charge is -2.16. The summed E-state index contributed by atoms with van der Waals surface area (Å²) in [6, 6.07) is 5.28.